The van der Waals surface area contributed by atoms with Gasteiger partial charge in [-0.15, -0.1) is 11.8 Å². The van der Waals surface area contributed by atoms with Crippen LogP contribution in [-0.2, 0) is 9.59 Å². The number of carbonyl (C=O) groups is 3. The Bertz CT molecular complexity index is 832. The molecule has 0 radical (unpaired) electrons. The van der Waals surface area contributed by atoms with E-state index in [0.29, 0.717) is 5.69 Å². The summed E-state index contributed by atoms with van der Waals surface area (Å²) in [6.45, 7) is 0. The molecule has 3 N–H and O–H groups in total. The van der Waals surface area contributed by atoms with E-state index in [0.717, 1.165) is 23.4 Å². The van der Waals surface area contributed by atoms with Gasteiger partial charge in [0.2, 0.25) is 11.8 Å². The van der Waals surface area contributed by atoms with Crippen LogP contribution >= 0.6 is 11.8 Å². The molecule has 2 amide bonds. The minimum atomic E-state index is -1.01. The smallest absolute Gasteiger partial charge is 0.335 e. The Labute approximate surface area is 155 Å². The average molecular weight is 370 g/mol. The van der Waals surface area contributed by atoms with Crippen molar-refractivity contribution < 1.29 is 19.5 Å². The van der Waals surface area contributed by atoms with E-state index in [9.17, 15) is 14.4 Å². The summed E-state index contributed by atoms with van der Waals surface area (Å²) in [4.78, 5) is 35.5. The van der Waals surface area contributed by atoms with Crippen LogP contribution in [0, 0.1) is 5.92 Å². The first-order valence-electron chi connectivity index (χ1n) is 8.18. The summed E-state index contributed by atoms with van der Waals surface area (Å²) >= 11 is 1.36. The molecule has 1 aliphatic rings. The van der Waals surface area contributed by atoms with Gasteiger partial charge in [0.25, 0.3) is 0 Å². The number of nitrogens with one attached hydrogen (secondary N) is 2. The van der Waals surface area contributed by atoms with Gasteiger partial charge >= 0.3 is 5.97 Å². The summed E-state index contributed by atoms with van der Waals surface area (Å²) in [5.41, 5.74) is 1.45. The molecule has 2 aromatic rings. The van der Waals surface area contributed by atoms with Gasteiger partial charge in [-0.2, -0.15) is 0 Å². The number of hydrogen-bond donors (Lipinski definition) is 3. The zero-order chi connectivity index (χ0) is 18.5. The van der Waals surface area contributed by atoms with E-state index in [1.807, 2.05) is 24.3 Å². The lowest BCUT2D eigenvalue weighted by molar-refractivity contribution is -0.117. The predicted molar refractivity (Wildman–Crippen MR) is 101 cm³/mol. The summed E-state index contributed by atoms with van der Waals surface area (Å²) in [5.74, 6) is -0.794. The quantitative estimate of drug-likeness (QED) is 0.649. The second kappa shape index (κ2) is 8.05. The number of carboxylic acids is 1. The Kier molecular flexibility index (Phi) is 5.58. The number of aromatic carboxylic acids is 1. The highest BCUT2D eigenvalue weighted by Crippen LogP contribution is 2.30. The van der Waals surface area contributed by atoms with Crippen molar-refractivity contribution in [2.75, 3.05) is 16.4 Å². The number of anilines is 2. The molecule has 0 bridgehead atoms. The Balaban J connectivity index is 1.50. The molecule has 6 nitrogen and oxygen atoms in total. The molecule has 134 valence electrons. The number of amides is 2. The van der Waals surface area contributed by atoms with Gasteiger partial charge in [-0.3, -0.25) is 9.59 Å². The highest BCUT2D eigenvalue weighted by Gasteiger charge is 2.29. The fourth-order valence-corrected chi connectivity index (χ4v) is 3.05. The number of rotatable bonds is 7. The third-order valence-electron chi connectivity index (χ3n) is 3.84. The topological polar surface area (TPSA) is 95.5 Å². The molecule has 0 aromatic heterocycles. The maximum atomic E-state index is 12.0. The summed E-state index contributed by atoms with van der Waals surface area (Å²) in [6, 6.07) is 13.4. The molecule has 7 heteroatoms. The van der Waals surface area contributed by atoms with E-state index < -0.39 is 5.97 Å². The highest BCUT2D eigenvalue weighted by molar-refractivity contribution is 8.00. The van der Waals surface area contributed by atoms with Crippen molar-refractivity contribution in [2.24, 2.45) is 5.92 Å². The van der Waals surface area contributed by atoms with Crippen molar-refractivity contribution in [1.82, 2.24) is 0 Å². The van der Waals surface area contributed by atoms with Gasteiger partial charge in [0.05, 0.1) is 11.3 Å². The van der Waals surface area contributed by atoms with Crippen molar-refractivity contribution in [3.05, 3.63) is 54.1 Å². The number of thioether (sulfide) groups is 1. The van der Waals surface area contributed by atoms with Crippen molar-refractivity contribution in [3.63, 3.8) is 0 Å². The van der Waals surface area contributed by atoms with Crippen LogP contribution in [0.3, 0.4) is 0 Å². The summed E-state index contributed by atoms with van der Waals surface area (Å²) in [6.07, 6.45) is 1.90. The molecule has 26 heavy (non-hydrogen) atoms. The first kappa shape index (κ1) is 18.0. The zero-order valence-electron chi connectivity index (χ0n) is 13.9. The molecule has 0 saturated heterocycles. The Hall–Kier alpha value is -2.80. The standard InChI is InChI=1S/C19H18N2O4S/c22-17(20-14-8-6-13(7-9-14)19(24)25)11-26-16-3-1-2-15(10-16)21-18(23)12-4-5-12/h1-3,6-10,12H,4-5,11H2,(H,20,22)(H,21,23)(H,24,25). The van der Waals surface area contributed by atoms with Crippen LogP contribution in [0.4, 0.5) is 11.4 Å². The number of benzene rings is 2. The van der Waals surface area contributed by atoms with Gasteiger partial charge < -0.3 is 15.7 Å². The first-order valence-corrected chi connectivity index (χ1v) is 9.17. The van der Waals surface area contributed by atoms with Gasteiger partial charge in [-0.25, -0.2) is 4.79 Å². The fourth-order valence-electron chi connectivity index (χ4n) is 2.30. The van der Waals surface area contributed by atoms with Crippen LogP contribution in [0.5, 0.6) is 0 Å². The van der Waals surface area contributed by atoms with E-state index >= 15 is 0 Å². The Morgan fingerprint density at radius 3 is 2.38 bits per heavy atom. The van der Waals surface area contributed by atoms with E-state index in [2.05, 4.69) is 10.6 Å². The lowest BCUT2D eigenvalue weighted by atomic mass is 10.2. The molecule has 3 rings (SSSR count). The number of carboxylic acid groups (broad SMARTS) is 1. The van der Waals surface area contributed by atoms with Gasteiger partial charge in [-0.05, 0) is 55.3 Å². The summed E-state index contributed by atoms with van der Waals surface area (Å²) in [7, 11) is 0. The van der Waals surface area contributed by atoms with Gasteiger partial charge in [-0.1, -0.05) is 6.07 Å². The maximum absolute atomic E-state index is 12.0. The van der Waals surface area contributed by atoms with E-state index in [1.54, 1.807) is 12.1 Å². The average Bonchev–Trinajstić information content (AvgIpc) is 3.46. The highest BCUT2D eigenvalue weighted by atomic mass is 32.2. The Morgan fingerprint density at radius 2 is 1.73 bits per heavy atom. The predicted octanol–water partition coefficient (Wildman–Crippen LogP) is 3.46. The zero-order valence-corrected chi connectivity index (χ0v) is 14.7. The minimum Gasteiger partial charge on any atom is -0.478 e. The molecule has 1 fully saturated rings. The summed E-state index contributed by atoms with van der Waals surface area (Å²) in [5, 5.41) is 14.5. The first-order chi connectivity index (χ1) is 12.5. The molecular weight excluding hydrogens is 352 g/mol. The number of carbonyl (C=O) groups excluding carboxylic acids is 2. The molecule has 2 aromatic carbocycles. The Morgan fingerprint density at radius 1 is 1.00 bits per heavy atom. The van der Waals surface area contributed by atoms with Gasteiger partial charge in [0, 0.05) is 22.2 Å². The van der Waals surface area contributed by atoms with Crippen LogP contribution < -0.4 is 10.6 Å². The molecule has 1 aliphatic carbocycles. The second-order valence-corrected chi connectivity index (χ2v) is 7.06. The van der Waals surface area contributed by atoms with Crippen LogP contribution in [0.15, 0.2) is 53.4 Å². The van der Waals surface area contributed by atoms with E-state index in [1.165, 1.54) is 23.9 Å². The largest absolute Gasteiger partial charge is 0.478 e. The minimum absolute atomic E-state index is 0.0506. The number of hydrogen-bond acceptors (Lipinski definition) is 4. The van der Waals surface area contributed by atoms with Gasteiger partial charge in [0.15, 0.2) is 0 Å². The SMILES string of the molecule is O=C(CSc1cccc(NC(=O)C2CC2)c1)Nc1ccc(C(=O)O)cc1. The normalized spacial score (nSPS) is 13.1. The van der Waals surface area contributed by atoms with Crippen molar-refractivity contribution in [3.8, 4) is 0 Å². The van der Waals surface area contributed by atoms with E-state index in [-0.39, 0.29) is 29.0 Å². The molecular formula is C19H18N2O4S. The monoisotopic (exact) mass is 370 g/mol. The molecule has 0 unspecified atom stereocenters. The second-order valence-electron chi connectivity index (χ2n) is 6.01. The van der Waals surface area contributed by atoms with Crippen molar-refractivity contribution >= 4 is 40.9 Å². The van der Waals surface area contributed by atoms with Crippen LogP contribution in [0.2, 0.25) is 0 Å². The lowest BCUT2D eigenvalue weighted by Crippen LogP contribution is -2.14. The van der Waals surface area contributed by atoms with Crippen molar-refractivity contribution in [2.45, 2.75) is 17.7 Å². The molecule has 0 aliphatic heterocycles. The lowest BCUT2D eigenvalue weighted by Gasteiger charge is -2.08. The van der Waals surface area contributed by atoms with Crippen molar-refractivity contribution in [1.29, 1.82) is 0 Å². The van der Waals surface area contributed by atoms with E-state index in [4.69, 9.17) is 5.11 Å². The van der Waals surface area contributed by atoms with Crippen LogP contribution in [0.25, 0.3) is 0 Å². The maximum Gasteiger partial charge on any atom is 0.335 e. The molecule has 0 spiro atoms. The molecule has 0 atom stereocenters. The molecule has 1 saturated carbocycles. The van der Waals surface area contributed by atoms with Gasteiger partial charge in [0.1, 0.15) is 0 Å². The molecule has 0 heterocycles. The van der Waals surface area contributed by atoms with Crippen LogP contribution in [0.1, 0.15) is 23.2 Å². The fraction of sp³-hybridized carbons (Fsp3) is 0.211. The third-order valence-corrected chi connectivity index (χ3v) is 4.83. The third kappa shape index (κ3) is 5.10. The summed E-state index contributed by atoms with van der Waals surface area (Å²) < 4.78 is 0. The van der Waals surface area contributed by atoms with Crippen LogP contribution in [-0.4, -0.2) is 28.6 Å².